The first-order valence-electron chi connectivity index (χ1n) is 20.0. The fraction of sp³-hybridized carbons (Fsp3) is 0.756. The largest absolute Gasteiger partial charge is 0.399 e. The van der Waals surface area contributed by atoms with E-state index >= 15 is 0 Å². The van der Waals surface area contributed by atoms with E-state index in [4.69, 9.17) is 20.9 Å². The Bertz CT molecular complexity index is 1440. The van der Waals surface area contributed by atoms with Crippen molar-refractivity contribution in [2.75, 3.05) is 47.2 Å². The minimum absolute atomic E-state index is 0.00155. The maximum atomic E-state index is 14.8. The van der Waals surface area contributed by atoms with Crippen LogP contribution in [0, 0.1) is 29.6 Å². The van der Waals surface area contributed by atoms with Crippen molar-refractivity contribution in [2.45, 2.75) is 128 Å². The number of anilines is 1. The van der Waals surface area contributed by atoms with E-state index in [1.54, 1.807) is 33.3 Å². The second-order valence-electron chi connectivity index (χ2n) is 16.7. The number of hydrogen-bond donors (Lipinski definition) is 4. The second-order valence-corrected chi connectivity index (χ2v) is 16.7. The van der Waals surface area contributed by atoms with Crippen molar-refractivity contribution in [3.05, 3.63) is 29.8 Å². The zero-order valence-corrected chi connectivity index (χ0v) is 34.1. The molecule has 2 heterocycles. The maximum Gasteiger partial charge on any atom is 0.235 e. The standard InChI is InChI=1S/C41H68N6O7/c1-10-25(4)35(45(6)40(52)34(24(2)3)41-18-17-28(22-41)36(38(43)50)46(41)7)32(53-8)21-33(49)47-19-11-12-31(47)37(54-9)26(5)39(51)44-30(23-48)20-27-13-15-29(42)16-14-27/h13-16,24-26,28,30-32,34-37,48H,10-12,17-23,42H2,1-9H3,(H2,43,50)(H,44,51)/t25-,26+,28?,30-,31-,32+,34+,35-,36?,37+,41?/m0/s1. The van der Waals surface area contributed by atoms with Gasteiger partial charge in [-0.1, -0.05) is 53.2 Å². The van der Waals surface area contributed by atoms with Crippen molar-refractivity contribution in [2.24, 2.45) is 35.3 Å². The van der Waals surface area contributed by atoms with Gasteiger partial charge in [-0.3, -0.25) is 24.1 Å². The van der Waals surface area contributed by atoms with Crippen LogP contribution in [-0.4, -0.2) is 127 Å². The second kappa shape index (κ2) is 18.6. The number of carbonyl (C=O) groups is 4. The summed E-state index contributed by atoms with van der Waals surface area (Å²) in [5, 5.41) is 13.1. The number of piperidine rings is 1. The van der Waals surface area contributed by atoms with E-state index < -0.39 is 29.7 Å². The summed E-state index contributed by atoms with van der Waals surface area (Å²) < 4.78 is 12.1. The van der Waals surface area contributed by atoms with Crippen LogP contribution in [0.5, 0.6) is 0 Å². The number of hydrogen-bond acceptors (Lipinski definition) is 9. The third-order valence-electron chi connectivity index (χ3n) is 13.2. The van der Waals surface area contributed by atoms with Crippen LogP contribution in [0.3, 0.4) is 0 Å². The van der Waals surface area contributed by atoms with E-state index in [-0.39, 0.29) is 78.5 Å². The molecule has 6 N–H and O–H groups in total. The topological polar surface area (TPSA) is 181 Å². The molecule has 11 atom stereocenters. The summed E-state index contributed by atoms with van der Waals surface area (Å²) >= 11 is 0. The molecule has 13 nitrogen and oxygen atoms in total. The van der Waals surface area contributed by atoms with Gasteiger partial charge < -0.3 is 41.2 Å². The lowest BCUT2D eigenvalue weighted by molar-refractivity contribution is -0.153. The number of benzene rings is 1. The highest BCUT2D eigenvalue weighted by atomic mass is 16.5. The number of fused-ring (bicyclic) bond motifs is 2. The molecule has 3 fully saturated rings. The molecule has 54 heavy (non-hydrogen) atoms. The minimum atomic E-state index is -0.603. The molecule has 13 heteroatoms. The molecule has 1 aromatic carbocycles. The molecule has 2 bridgehead atoms. The maximum absolute atomic E-state index is 14.8. The van der Waals surface area contributed by atoms with Crippen LogP contribution in [0.2, 0.25) is 0 Å². The van der Waals surface area contributed by atoms with E-state index in [1.165, 1.54) is 0 Å². The third-order valence-corrected chi connectivity index (χ3v) is 13.2. The average Bonchev–Trinajstić information content (AvgIpc) is 3.86. The number of nitrogens with one attached hydrogen (secondary N) is 1. The smallest absolute Gasteiger partial charge is 0.235 e. The number of likely N-dealkylation sites (tertiary alicyclic amines) is 2. The Balaban J connectivity index is 1.49. The first-order valence-corrected chi connectivity index (χ1v) is 20.0. The Labute approximate surface area is 322 Å². The number of methoxy groups -OCH3 is 2. The highest BCUT2D eigenvalue weighted by Crippen LogP contribution is 2.55. The average molecular weight is 757 g/mol. The summed E-state index contributed by atoms with van der Waals surface area (Å²) in [5.41, 5.74) is 12.8. The predicted octanol–water partition coefficient (Wildman–Crippen LogP) is 2.82. The number of aliphatic hydroxyl groups is 1. The summed E-state index contributed by atoms with van der Waals surface area (Å²) in [6, 6.07) is 5.74. The van der Waals surface area contributed by atoms with Crippen LogP contribution in [0.25, 0.3) is 0 Å². The number of nitrogen functional groups attached to an aromatic ring is 1. The number of nitrogens with zero attached hydrogens (tertiary/aromatic N) is 3. The molecule has 0 aromatic heterocycles. The molecule has 1 aliphatic carbocycles. The van der Waals surface area contributed by atoms with Gasteiger partial charge in [-0.2, -0.15) is 0 Å². The molecule has 0 spiro atoms. The van der Waals surface area contributed by atoms with Gasteiger partial charge >= 0.3 is 0 Å². The van der Waals surface area contributed by atoms with Gasteiger partial charge in [-0.05, 0) is 81.0 Å². The number of primary amides is 1. The monoisotopic (exact) mass is 757 g/mol. The van der Waals surface area contributed by atoms with Gasteiger partial charge in [0.05, 0.1) is 61.2 Å². The van der Waals surface area contributed by atoms with Gasteiger partial charge in [0.15, 0.2) is 0 Å². The van der Waals surface area contributed by atoms with Crippen molar-refractivity contribution in [1.82, 2.24) is 20.0 Å². The number of carbonyl (C=O) groups excluding carboxylic acids is 4. The summed E-state index contributed by atoms with van der Waals surface area (Å²) in [6.45, 7) is 10.4. The molecule has 1 saturated carbocycles. The fourth-order valence-electron chi connectivity index (χ4n) is 10.3. The van der Waals surface area contributed by atoms with Crippen molar-refractivity contribution >= 4 is 29.3 Å². The zero-order chi connectivity index (χ0) is 40.1. The first kappa shape index (κ1) is 43.5. The highest BCUT2D eigenvalue weighted by Gasteiger charge is 2.62. The lowest BCUT2D eigenvalue weighted by Gasteiger charge is -2.48. The minimum Gasteiger partial charge on any atom is -0.399 e. The zero-order valence-electron chi connectivity index (χ0n) is 34.1. The SMILES string of the molecule is CC[C@H](C)[C@@H]([C@@H](CC(=O)N1CCC[C@H]1[C@H](OC)[C@@H](C)C(=O)N[C@H](CO)Cc1ccc(N)cc1)OC)N(C)C(=O)[C@@H](C(C)C)C12CCC(C1)C(C(N)=O)N2C. The summed E-state index contributed by atoms with van der Waals surface area (Å²) in [5.74, 6) is -1.50. The molecule has 4 amide bonds. The number of ether oxygens (including phenoxy) is 2. The molecule has 1 aromatic rings. The van der Waals surface area contributed by atoms with Crippen molar-refractivity contribution in [1.29, 1.82) is 0 Å². The molecule has 3 aliphatic rings. The molecule has 0 radical (unpaired) electrons. The number of rotatable bonds is 19. The number of nitrogens with two attached hydrogens (primary N) is 2. The molecule has 4 rings (SSSR count). The van der Waals surface area contributed by atoms with Crippen LogP contribution in [0.1, 0.15) is 85.1 Å². The molecule has 304 valence electrons. The normalized spacial score (nSPS) is 26.6. The van der Waals surface area contributed by atoms with Gasteiger partial charge in [0.2, 0.25) is 23.6 Å². The quantitative estimate of drug-likeness (QED) is 0.155. The Morgan fingerprint density at radius 2 is 1.74 bits per heavy atom. The molecular weight excluding hydrogens is 688 g/mol. The first-order chi connectivity index (χ1) is 25.6. The van der Waals surface area contributed by atoms with Crippen molar-refractivity contribution in [3.63, 3.8) is 0 Å². The van der Waals surface area contributed by atoms with E-state index in [0.717, 1.165) is 37.7 Å². The summed E-state index contributed by atoms with van der Waals surface area (Å²) in [4.78, 5) is 60.9. The van der Waals surface area contributed by atoms with Gasteiger partial charge in [0.25, 0.3) is 0 Å². The summed E-state index contributed by atoms with van der Waals surface area (Å²) in [6.07, 6.45) is 4.04. The fourth-order valence-corrected chi connectivity index (χ4v) is 10.3. The molecule has 2 aliphatic heterocycles. The number of amides is 4. The van der Waals surface area contributed by atoms with E-state index in [9.17, 15) is 24.3 Å². The Morgan fingerprint density at radius 1 is 1.07 bits per heavy atom. The van der Waals surface area contributed by atoms with Crippen LogP contribution in [-0.2, 0) is 35.1 Å². The number of likely N-dealkylation sites (N-methyl/N-ethyl adjacent to an activating group) is 2. The van der Waals surface area contributed by atoms with Crippen LogP contribution in [0.4, 0.5) is 5.69 Å². The van der Waals surface area contributed by atoms with Gasteiger partial charge in [-0.25, -0.2) is 0 Å². The number of aliphatic hydroxyl groups excluding tert-OH is 1. The Morgan fingerprint density at radius 3 is 2.28 bits per heavy atom. The van der Waals surface area contributed by atoms with E-state index in [0.29, 0.717) is 25.1 Å². The Hall–Kier alpha value is -3.26. The third kappa shape index (κ3) is 8.90. The van der Waals surface area contributed by atoms with Gasteiger partial charge in [-0.15, -0.1) is 0 Å². The van der Waals surface area contributed by atoms with Crippen molar-refractivity contribution < 1.29 is 33.8 Å². The lowest BCUT2D eigenvalue weighted by Crippen LogP contribution is -2.61. The molecule has 2 saturated heterocycles. The predicted molar refractivity (Wildman–Crippen MR) is 209 cm³/mol. The van der Waals surface area contributed by atoms with Crippen LogP contribution in [0.15, 0.2) is 24.3 Å². The highest BCUT2D eigenvalue weighted by molar-refractivity contribution is 5.84. The van der Waals surface area contributed by atoms with Crippen molar-refractivity contribution in [3.8, 4) is 0 Å². The van der Waals surface area contributed by atoms with E-state index in [2.05, 4.69) is 37.9 Å². The van der Waals surface area contributed by atoms with E-state index in [1.807, 2.05) is 36.0 Å². The molecule has 3 unspecified atom stereocenters. The van der Waals surface area contributed by atoms with Crippen LogP contribution >= 0.6 is 0 Å². The van der Waals surface area contributed by atoms with Crippen LogP contribution < -0.4 is 16.8 Å². The Kier molecular flexibility index (Phi) is 15.0. The summed E-state index contributed by atoms with van der Waals surface area (Å²) in [7, 11) is 6.94. The molecular formula is C41H68N6O7. The van der Waals surface area contributed by atoms with Gasteiger partial charge in [0, 0.05) is 39.0 Å². The van der Waals surface area contributed by atoms with Gasteiger partial charge in [0.1, 0.15) is 0 Å². The lowest BCUT2D eigenvalue weighted by atomic mass is 9.74.